The van der Waals surface area contributed by atoms with Crippen molar-refractivity contribution < 1.29 is 9.32 Å². The van der Waals surface area contributed by atoms with Crippen LogP contribution in [0.15, 0.2) is 58.1 Å². The predicted molar refractivity (Wildman–Crippen MR) is 92.2 cm³/mol. The Morgan fingerprint density at radius 1 is 1.15 bits per heavy atom. The van der Waals surface area contributed by atoms with Crippen LogP contribution in [-0.4, -0.2) is 43.6 Å². The maximum atomic E-state index is 12.6. The number of benzene rings is 1. The molecule has 1 aliphatic rings. The topological polar surface area (TPSA) is 94.1 Å². The molecular formula is C18H17N5O3. The molecule has 8 heteroatoms. The largest absolute Gasteiger partial charge is 0.441 e. The summed E-state index contributed by atoms with van der Waals surface area (Å²) in [6, 6.07) is 10.9. The van der Waals surface area contributed by atoms with Gasteiger partial charge in [0.05, 0.1) is 0 Å². The van der Waals surface area contributed by atoms with Crippen molar-refractivity contribution in [1.29, 1.82) is 0 Å². The van der Waals surface area contributed by atoms with Gasteiger partial charge in [-0.15, -0.1) is 0 Å². The van der Waals surface area contributed by atoms with Gasteiger partial charge in [0.2, 0.25) is 5.82 Å². The van der Waals surface area contributed by atoms with E-state index >= 15 is 0 Å². The Kier molecular flexibility index (Phi) is 4.30. The SMILES string of the molecule is O=C(c1ccccc1)N1CCC(Cn2c(-c3ncccn3)noc2=O)C1. The summed E-state index contributed by atoms with van der Waals surface area (Å²) in [5.74, 6) is 0.261. The van der Waals surface area contributed by atoms with Crippen LogP contribution in [0.4, 0.5) is 0 Å². The van der Waals surface area contributed by atoms with E-state index in [1.807, 2.05) is 35.2 Å². The van der Waals surface area contributed by atoms with Gasteiger partial charge >= 0.3 is 5.76 Å². The summed E-state index contributed by atoms with van der Waals surface area (Å²) in [6.07, 6.45) is 3.98. The highest BCUT2D eigenvalue weighted by atomic mass is 16.5. The Hall–Kier alpha value is -3.29. The molecule has 3 heterocycles. The van der Waals surface area contributed by atoms with Gasteiger partial charge in [-0.3, -0.25) is 13.9 Å². The van der Waals surface area contributed by atoms with Crippen LogP contribution >= 0.6 is 0 Å². The lowest BCUT2D eigenvalue weighted by atomic mass is 10.1. The summed E-state index contributed by atoms with van der Waals surface area (Å²) >= 11 is 0. The molecule has 1 amide bonds. The monoisotopic (exact) mass is 351 g/mol. The fourth-order valence-corrected chi connectivity index (χ4v) is 3.19. The Labute approximate surface area is 149 Å². The lowest BCUT2D eigenvalue weighted by Crippen LogP contribution is -2.30. The molecule has 132 valence electrons. The number of hydrogen-bond donors (Lipinski definition) is 0. The molecule has 1 aromatic carbocycles. The van der Waals surface area contributed by atoms with Gasteiger partial charge in [0.25, 0.3) is 5.91 Å². The summed E-state index contributed by atoms with van der Waals surface area (Å²) in [5.41, 5.74) is 0.675. The fraction of sp³-hybridized carbons (Fsp3) is 0.278. The maximum Gasteiger partial charge on any atom is 0.441 e. The van der Waals surface area contributed by atoms with E-state index in [0.29, 0.717) is 36.8 Å². The Bertz CT molecular complexity index is 952. The van der Waals surface area contributed by atoms with Crippen molar-refractivity contribution in [2.24, 2.45) is 5.92 Å². The van der Waals surface area contributed by atoms with Crippen molar-refractivity contribution in [2.75, 3.05) is 13.1 Å². The number of likely N-dealkylation sites (tertiary alicyclic amines) is 1. The van der Waals surface area contributed by atoms with Gasteiger partial charge in [0.1, 0.15) is 0 Å². The first kappa shape index (κ1) is 16.2. The molecule has 1 fully saturated rings. The number of hydrogen-bond acceptors (Lipinski definition) is 6. The van der Waals surface area contributed by atoms with Gasteiger partial charge in [0, 0.05) is 37.6 Å². The van der Waals surface area contributed by atoms with Gasteiger partial charge in [-0.2, -0.15) is 0 Å². The molecule has 0 spiro atoms. The predicted octanol–water partition coefficient (Wildman–Crippen LogP) is 1.46. The molecule has 26 heavy (non-hydrogen) atoms. The minimum absolute atomic E-state index is 0.0115. The van der Waals surface area contributed by atoms with Gasteiger partial charge in [-0.25, -0.2) is 14.8 Å². The standard InChI is InChI=1S/C18H17N5O3/c24-17(14-5-2-1-3-6-14)22-10-7-13(11-22)12-23-16(21-26-18(23)25)15-19-8-4-9-20-15/h1-6,8-9,13H,7,10-12H2. The first-order valence-electron chi connectivity index (χ1n) is 8.40. The molecule has 3 aromatic rings. The molecule has 2 aromatic heterocycles. The van der Waals surface area contributed by atoms with Crippen molar-refractivity contribution in [3.05, 3.63) is 64.9 Å². The fourth-order valence-electron chi connectivity index (χ4n) is 3.19. The van der Waals surface area contributed by atoms with Crippen molar-refractivity contribution in [1.82, 2.24) is 24.6 Å². The van der Waals surface area contributed by atoms with Crippen LogP contribution < -0.4 is 5.76 Å². The average molecular weight is 351 g/mol. The third kappa shape index (κ3) is 3.13. The number of carbonyl (C=O) groups is 1. The molecule has 0 saturated carbocycles. The second kappa shape index (κ2) is 6.91. The zero-order valence-corrected chi connectivity index (χ0v) is 14.0. The van der Waals surface area contributed by atoms with Crippen molar-refractivity contribution in [3.8, 4) is 11.6 Å². The highest BCUT2D eigenvalue weighted by molar-refractivity contribution is 5.94. The van der Waals surface area contributed by atoms with E-state index in [-0.39, 0.29) is 11.8 Å². The second-order valence-electron chi connectivity index (χ2n) is 6.23. The van der Waals surface area contributed by atoms with Crippen molar-refractivity contribution in [2.45, 2.75) is 13.0 Å². The van der Waals surface area contributed by atoms with Crippen LogP contribution in [0.25, 0.3) is 11.6 Å². The normalized spacial score (nSPS) is 16.8. The molecule has 8 nitrogen and oxygen atoms in total. The molecule has 0 bridgehead atoms. The lowest BCUT2D eigenvalue weighted by Gasteiger charge is -2.16. The van der Waals surface area contributed by atoms with Gasteiger partial charge in [-0.1, -0.05) is 23.4 Å². The Balaban J connectivity index is 1.49. The number of amides is 1. The summed E-state index contributed by atoms with van der Waals surface area (Å²) in [4.78, 5) is 34.7. The highest BCUT2D eigenvalue weighted by Crippen LogP contribution is 2.21. The summed E-state index contributed by atoms with van der Waals surface area (Å²) in [7, 11) is 0. The van der Waals surface area contributed by atoms with E-state index < -0.39 is 5.76 Å². The van der Waals surface area contributed by atoms with E-state index in [1.54, 1.807) is 18.5 Å². The molecular weight excluding hydrogens is 334 g/mol. The molecule has 1 saturated heterocycles. The number of aromatic nitrogens is 4. The molecule has 0 radical (unpaired) electrons. The average Bonchev–Trinajstić information content (AvgIpc) is 3.30. The van der Waals surface area contributed by atoms with E-state index in [4.69, 9.17) is 4.52 Å². The first-order chi connectivity index (χ1) is 12.7. The third-order valence-electron chi connectivity index (χ3n) is 4.49. The Morgan fingerprint density at radius 3 is 2.69 bits per heavy atom. The van der Waals surface area contributed by atoms with E-state index in [2.05, 4.69) is 15.1 Å². The van der Waals surface area contributed by atoms with Crippen LogP contribution in [0.3, 0.4) is 0 Å². The van der Waals surface area contributed by atoms with Gasteiger partial charge < -0.3 is 4.90 Å². The maximum absolute atomic E-state index is 12.6. The molecule has 1 atom stereocenters. The molecule has 0 aliphatic carbocycles. The van der Waals surface area contributed by atoms with Crippen molar-refractivity contribution in [3.63, 3.8) is 0 Å². The van der Waals surface area contributed by atoms with Gasteiger partial charge in [-0.05, 0) is 30.5 Å². The minimum atomic E-state index is -0.541. The van der Waals surface area contributed by atoms with Crippen LogP contribution in [0, 0.1) is 5.92 Å². The van der Waals surface area contributed by atoms with E-state index in [9.17, 15) is 9.59 Å². The van der Waals surface area contributed by atoms with Gasteiger partial charge in [0.15, 0.2) is 5.82 Å². The number of carbonyl (C=O) groups excluding carboxylic acids is 1. The number of nitrogens with zero attached hydrogens (tertiary/aromatic N) is 5. The highest BCUT2D eigenvalue weighted by Gasteiger charge is 2.29. The molecule has 0 N–H and O–H groups in total. The zero-order chi connectivity index (χ0) is 17.9. The van der Waals surface area contributed by atoms with Crippen molar-refractivity contribution >= 4 is 5.91 Å². The van der Waals surface area contributed by atoms with Crippen LogP contribution in [0.5, 0.6) is 0 Å². The third-order valence-corrected chi connectivity index (χ3v) is 4.49. The first-order valence-corrected chi connectivity index (χ1v) is 8.40. The summed E-state index contributed by atoms with van der Waals surface area (Å²) in [5, 5.41) is 3.80. The molecule has 1 unspecified atom stereocenters. The zero-order valence-electron chi connectivity index (χ0n) is 14.0. The van der Waals surface area contributed by atoms with E-state index in [0.717, 1.165) is 6.42 Å². The minimum Gasteiger partial charge on any atom is -0.338 e. The summed E-state index contributed by atoms with van der Waals surface area (Å²) < 4.78 is 6.24. The Morgan fingerprint density at radius 2 is 1.92 bits per heavy atom. The lowest BCUT2D eigenvalue weighted by molar-refractivity contribution is 0.0786. The quantitative estimate of drug-likeness (QED) is 0.706. The van der Waals surface area contributed by atoms with Crippen LogP contribution in [0.2, 0.25) is 0 Å². The van der Waals surface area contributed by atoms with Crippen LogP contribution in [-0.2, 0) is 6.54 Å². The number of rotatable bonds is 4. The second-order valence-corrected chi connectivity index (χ2v) is 6.23. The molecule has 4 rings (SSSR count). The molecule has 1 aliphatic heterocycles. The smallest absolute Gasteiger partial charge is 0.338 e. The van der Waals surface area contributed by atoms with Crippen LogP contribution in [0.1, 0.15) is 16.8 Å². The van der Waals surface area contributed by atoms with E-state index in [1.165, 1.54) is 4.57 Å². The summed E-state index contributed by atoms with van der Waals surface area (Å²) in [6.45, 7) is 1.66.